The second-order valence-electron chi connectivity index (χ2n) is 10.3. The largest absolute Gasteiger partial charge is 0.465 e. The maximum atomic E-state index is 12.6. The maximum absolute atomic E-state index is 12.6. The lowest BCUT2D eigenvalue weighted by Crippen LogP contribution is -2.55. The average molecular weight is 504 g/mol. The van der Waals surface area contributed by atoms with Gasteiger partial charge in [-0.15, -0.1) is 0 Å². The van der Waals surface area contributed by atoms with E-state index in [-0.39, 0.29) is 39.2 Å². The Hall–Kier alpha value is -2.24. The quantitative estimate of drug-likeness (QED) is 0.127. The van der Waals surface area contributed by atoms with E-state index in [0.717, 1.165) is 0 Å². The van der Waals surface area contributed by atoms with Gasteiger partial charge in [0.1, 0.15) is 25.4 Å². The van der Waals surface area contributed by atoms with Gasteiger partial charge in [0.05, 0.1) is 31.9 Å². The fourth-order valence-electron chi connectivity index (χ4n) is 3.02. The van der Waals surface area contributed by atoms with Gasteiger partial charge in [0.2, 0.25) is 0 Å². The van der Waals surface area contributed by atoms with Crippen molar-refractivity contribution >= 4 is 24.2 Å². The molecule has 4 N–H and O–H groups in total. The Labute approximate surface area is 209 Å². The van der Waals surface area contributed by atoms with E-state index >= 15 is 0 Å². The number of nitrogens with zero attached hydrogens (tertiary/aromatic N) is 2. The number of aliphatic imine (C=N–C) groups is 1. The van der Waals surface area contributed by atoms with Gasteiger partial charge in [0.25, 0.3) is 0 Å². The molecule has 0 bridgehead atoms. The van der Waals surface area contributed by atoms with Crippen LogP contribution < -0.4 is 5.73 Å². The zero-order chi connectivity index (χ0) is 27.2. The molecule has 0 saturated carbocycles. The molecule has 11 heteroatoms. The van der Waals surface area contributed by atoms with E-state index in [9.17, 15) is 24.6 Å². The zero-order valence-corrected chi connectivity index (χ0v) is 22.3. The Bertz CT molecular complexity index is 685. The summed E-state index contributed by atoms with van der Waals surface area (Å²) in [5, 5.41) is 20.4. The summed E-state index contributed by atoms with van der Waals surface area (Å²) < 4.78 is 15.3. The molecule has 0 radical (unpaired) electrons. The zero-order valence-electron chi connectivity index (χ0n) is 22.3. The first-order valence-electron chi connectivity index (χ1n) is 11.9. The Kier molecular flexibility index (Phi) is 14.7. The molecule has 0 saturated heterocycles. The number of carbonyl (C=O) groups is 3. The highest BCUT2D eigenvalue weighted by molar-refractivity contribution is 5.77. The van der Waals surface area contributed by atoms with Crippen LogP contribution >= 0.6 is 0 Å². The summed E-state index contributed by atoms with van der Waals surface area (Å²) in [7, 11) is 0. The first kappa shape index (κ1) is 32.8. The number of hydrogen-bond acceptors (Lipinski definition) is 10. The van der Waals surface area contributed by atoms with Crippen molar-refractivity contribution in [3.63, 3.8) is 0 Å². The van der Waals surface area contributed by atoms with Crippen LogP contribution in [-0.4, -0.2) is 96.1 Å². The maximum Gasteiger partial charge on any atom is 0.323 e. The van der Waals surface area contributed by atoms with Gasteiger partial charge in [-0.25, -0.2) is 0 Å². The second kappa shape index (κ2) is 15.7. The average Bonchev–Trinajstić information content (AvgIpc) is 2.75. The summed E-state index contributed by atoms with van der Waals surface area (Å²) in [5.74, 6) is -1.73. The van der Waals surface area contributed by atoms with E-state index in [1.807, 2.05) is 41.5 Å². The summed E-state index contributed by atoms with van der Waals surface area (Å²) in [5.41, 5.74) is 4.35. The smallest absolute Gasteiger partial charge is 0.323 e. The van der Waals surface area contributed by atoms with Crippen LogP contribution in [0.15, 0.2) is 4.99 Å². The number of esters is 3. The number of aliphatic hydroxyl groups is 2. The molecular weight excluding hydrogens is 458 g/mol. The number of rotatable bonds is 15. The number of β-amino-alcohol motifs (C(OH)–C–C–N with tert-alkyl or cyclic N) is 1. The highest BCUT2D eigenvalue weighted by atomic mass is 16.6. The molecule has 0 aromatic heterocycles. The van der Waals surface area contributed by atoms with Crippen LogP contribution in [0, 0.1) is 5.41 Å². The monoisotopic (exact) mass is 503 g/mol. The minimum absolute atomic E-state index is 0.0410. The third kappa shape index (κ3) is 14.0. The van der Waals surface area contributed by atoms with Gasteiger partial charge >= 0.3 is 17.9 Å². The van der Waals surface area contributed by atoms with E-state index in [2.05, 4.69) is 4.99 Å². The molecule has 0 heterocycles. The van der Waals surface area contributed by atoms with Crippen LogP contribution in [0.3, 0.4) is 0 Å². The molecule has 0 rings (SSSR count). The lowest BCUT2D eigenvalue weighted by atomic mass is 9.90. The van der Waals surface area contributed by atoms with Gasteiger partial charge in [-0.2, -0.15) is 0 Å². The standard InChI is InChI=1S/C24H45N3O8/c1-8-33-22(32)18(11-12-26-16-25)27(24(5,6)7)13-17(28)14-34-20(30)9-10-21(31)35-15-19(29)23(2,3)4/h16-19,28-29H,8-15H2,1-7H3,(H2,25,26). The first-order valence-corrected chi connectivity index (χ1v) is 11.9. The lowest BCUT2D eigenvalue weighted by Gasteiger charge is -2.41. The summed E-state index contributed by atoms with van der Waals surface area (Å²) in [6.45, 7) is 13.0. The predicted molar refractivity (Wildman–Crippen MR) is 132 cm³/mol. The van der Waals surface area contributed by atoms with Gasteiger partial charge < -0.3 is 30.2 Å². The van der Waals surface area contributed by atoms with Crippen LogP contribution in [0.4, 0.5) is 0 Å². The van der Waals surface area contributed by atoms with E-state index in [1.165, 1.54) is 6.34 Å². The van der Waals surface area contributed by atoms with Crippen molar-refractivity contribution in [3.8, 4) is 0 Å². The first-order chi connectivity index (χ1) is 16.1. The molecular formula is C24H45N3O8. The number of hydrogen-bond donors (Lipinski definition) is 3. The van der Waals surface area contributed by atoms with Gasteiger partial charge in [-0.1, -0.05) is 20.8 Å². The minimum Gasteiger partial charge on any atom is -0.465 e. The van der Waals surface area contributed by atoms with E-state index in [4.69, 9.17) is 19.9 Å². The van der Waals surface area contributed by atoms with E-state index in [0.29, 0.717) is 13.0 Å². The molecule has 0 aliphatic heterocycles. The molecule has 35 heavy (non-hydrogen) atoms. The highest BCUT2D eigenvalue weighted by Gasteiger charge is 2.35. The van der Waals surface area contributed by atoms with Crippen LogP contribution in [0.1, 0.15) is 67.7 Å². The third-order valence-electron chi connectivity index (χ3n) is 5.21. The van der Waals surface area contributed by atoms with Gasteiger partial charge in [-0.05, 0) is 39.5 Å². The molecule has 0 aromatic rings. The van der Waals surface area contributed by atoms with Gasteiger partial charge in [0, 0.05) is 18.6 Å². The van der Waals surface area contributed by atoms with E-state index < -0.39 is 47.1 Å². The summed E-state index contributed by atoms with van der Waals surface area (Å²) >= 11 is 0. The van der Waals surface area contributed by atoms with Crippen molar-refractivity contribution in [1.29, 1.82) is 0 Å². The van der Waals surface area contributed by atoms with Crippen molar-refractivity contribution < 1.29 is 38.8 Å². The van der Waals surface area contributed by atoms with Crippen LogP contribution in [0.25, 0.3) is 0 Å². The summed E-state index contributed by atoms with van der Waals surface area (Å²) in [6.07, 6.45) is -0.820. The van der Waals surface area contributed by atoms with E-state index in [1.54, 1.807) is 11.8 Å². The molecule has 0 aliphatic carbocycles. The third-order valence-corrected chi connectivity index (χ3v) is 5.21. The molecule has 3 atom stereocenters. The molecule has 0 aliphatic rings. The van der Waals surface area contributed by atoms with Crippen molar-refractivity contribution in [2.24, 2.45) is 16.1 Å². The molecule has 0 fully saturated rings. The topological polar surface area (TPSA) is 161 Å². The molecule has 0 aromatic carbocycles. The van der Waals surface area contributed by atoms with Crippen molar-refractivity contribution in [2.75, 3.05) is 32.9 Å². The second-order valence-corrected chi connectivity index (χ2v) is 10.3. The van der Waals surface area contributed by atoms with Crippen LogP contribution in [-0.2, 0) is 28.6 Å². The highest BCUT2D eigenvalue weighted by Crippen LogP contribution is 2.21. The fourth-order valence-corrected chi connectivity index (χ4v) is 3.02. The van der Waals surface area contributed by atoms with Crippen molar-refractivity contribution in [2.45, 2.75) is 91.5 Å². The van der Waals surface area contributed by atoms with Crippen LogP contribution in [0.5, 0.6) is 0 Å². The van der Waals surface area contributed by atoms with Gasteiger partial charge in [-0.3, -0.25) is 24.3 Å². The summed E-state index contributed by atoms with van der Waals surface area (Å²) in [6, 6.07) is -0.678. The molecule has 0 amide bonds. The lowest BCUT2D eigenvalue weighted by molar-refractivity contribution is -0.156. The number of carbonyl (C=O) groups excluding carboxylic acids is 3. The number of nitrogens with two attached hydrogens (primary N) is 1. The molecule has 204 valence electrons. The molecule has 3 unspecified atom stereocenters. The Balaban J connectivity index is 4.83. The van der Waals surface area contributed by atoms with Gasteiger partial charge in [0.15, 0.2) is 0 Å². The fraction of sp³-hybridized carbons (Fsp3) is 0.833. The Morgan fingerprint density at radius 1 is 0.971 bits per heavy atom. The predicted octanol–water partition coefficient (Wildman–Crippen LogP) is 1.03. The minimum atomic E-state index is -1.08. The van der Waals surface area contributed by atoms with Crippen molar-refractivity contribution in [3.05, 3.63) is 0 Å². The SMILES string of the molecule is CCOC(=O)C(CCN=CN)N(CC(O)COC(=O)CCC(=O)OCC(O)C(C)(C)C)C(C)(C)C. The Morgan fingerprint density at radius 2 is 1.51 bits per heavy atom. The van der Waals surface area contributed by atoms with Crippen LogP contribution in [0.2, 0.25) is 0 Å². The molecule has 0 spiro atoms. The number of aliphatic hydroxyl groups excluding tert-OH is 2. The molecule has 11 nitrogen and oxygen atoms in total. The summed E-state index contributed by atoms with van der Waals surface area (Å²) in [4.78, 5) is 42.2. The van der Waals surface area contributed by atoms with Crippen molar-refractivity contribution in [1.82, 2.24) is 4.90 Å². The normalized spacial score (nSPS) is 15.0. The Morgan fingerprint density at radius 3 is 1.97 bits per heavy atom. The number of ether oxygens (including phenoxy) is 3.